The van der Waals surface area contributed by atoms with Crippen molar-refractivity contribution in [2.24, 2.45) is 0 Å². The van der Waals surface area contributed by atoms with Gasteiger partial charge in [0.05, 0.1) is 0 Å². The molecule has 72 heavy (non-hydrogen) atoms. The van der Waals surface area contributed by atoms with Crippen LogP contribution in [-0.4, -0.2) is 37.2 Å². The van der Waals surface area contributed by atoms with Crippen molar-refractivity contribution < 1.29 is 28.6 Å². The summed E-state index contributed by atoms with van der Waals surface area (Å²) in [4.78, 5) is 38.2. The molecule has 0 aliphatic carbocycles. The van der Waals surface area contributed by atoms with Gasteiger partial charge in [-0.1, -0.05) is 281 Å². The predicted octanol–water partition coefficient (Wildman–Crippen LogP) is 21.4. The Balaban J connectivity index is 4.28. The van der Waals surface area contributed by atoms with E-state index in [0.29, 0.717) is 19.3 Å². The Morgan fingerprint density at radius 3 is 0.792 bits per heavy atom. The molecule has 0 amide bonds. The first kappa shape index (κ1) is 69.4. The Labute approximate surface area is 448 Å². The van der Waals surface area contributed by atoms with E-state index in [-0.39, 0.29) is 31.1 Å². The van der Waals surface area contributed by atoms with Gasteiger partial charge in [-0.05, 0) is 83.5 Å². The van der Waals surface area contributed by atoms with E-state index < -0.39 is 6.10 Å². The number of unbranched alkanes of at least 4 members (excludes halogenated alkanes) is 39. The van der Waals surface area contributed by atoms with Crippen molar-refractivity contribution in [3.63, 3.8) is 0 Å². The molecule has 0 radical (unpaired) electrons. The molecular weight excluding hydrogens is 889 g/mol. The van der Waals surface area contributed by atoms with Crippen molar-refractivity contribution in [3.05, 3.63) is 48.6 Å². The minimum atomic E-state index is -0.785. The molecule has 0 saturated carbocycles. The average Bonchev–Trinajstić information content (AvgIpc) is 3.38. The molecule has 0 rings (SSSR count). The zero-order valence-electron chi connectivity index (χ0n) is 48.2. The molecule has 0 saturated heterocycles. The van der Waals surface area contributed by atoms with Crippen LogP contribution in [0.15, 0.2) is 48.6 Å². The number of carbonyl (C=O) groups is 3. The summed E-state index contributed by atoms with van der Waals surface area (Å²) in [5.41, 5.74) is 0. The first-order valence-corrected chi connectivity index (χ1v) is 31.6. The Morgan fingerprint density at radius 1 is 0.278 bits per heavy atom. The molecule has 0 aliphatic rings. The molecule has 1 atom stereocenters. The third-order valence-electron chi connectivity index (χ3n) is 14.1. The second kappa shape index (κ2) is 60.9. The summed E-state index contributed by atoms with van der Waals surface area (Å²) < 4.78 is 16.9. The highest BCUT2D eigenvalue weighted by atomic mass is 16.6. The van der Waals surface area contributed by atoms with Gasteiger partial charge in [-0.25, -0.2) is 0 Å². The maximum atomic E-state index is 12.9. The number of allylic oxidation sites excluding steroid dienone is 8. The smallest absolute Gasteiger partial charge is 0.306 e. The summed E-state index contributed by atoms with van der Waals surface area (Å²) >= 11 is 0. The molecular formula is C66H120O6. The van der Waals surface area contributed by atoms with Gasteiger partial charge in [0.25, 0.3) is 0 Å². The standard InChI is InChI=1S/C66H120O6/c1-4-7-10-13-16-19-22-25-28-29-30-31-32-33-34-35-36-39-41-44-47-50-53-56-59-65(68)71-62-63(72-66(69)60-57-54-51-48-45-42-38-27-24-21-18-15-12-9-6-3)61-70-64(67)58-55-52-49-46-43-40-37-26-23-20-17-14-11-8-5-2/h17-18,20-21,26-27,37-38,63H,4-16,19,22-25,28-36,39-62H2,1-3H3/b20-17-,21-18-,37-26-,38-27-. The molecule has 0 aromatic carbocycles. The molecule has 0 aromatic heterocycles. The maximum Gasteiger partial charge on any atom is 0.306 e. The van der Waals surface area contributed by atoms with Gasteiger partial charge >= 0.3 is 17.9 Å². The Kier molecular flexibility index (Phi) is 58.7. The molecule has 0 spiro atoms. The first-order valence-electron chi connectivity index (χ1n) is 31.6. The molecule has 0 fully saturated rings. The first-order chi connectivity index (χ1) is 35.5. The van der Waals surface area contributed by atoms with Gasteiger partial charge in [0.15, 0.2) is 6.10 Å². The summed E-state index contributed by atoms with van der Waals surface area (Å²) in [5, 5.41) is 0. The molecule has 0 aromatic rings. The lowest BCUT2D eigenvalue weighted by Gasteiger charge is -2.18. The van der Waals surface area contributed by atoms with Gasteiger partial charge in [-0.3, -0.25) is 14.4 Å². The largest absolute Gasteiger partial charge is 0.462 e. The Morgan fingerprint density at radius 2 is 0.500 bits per heavy atom. The van der Waals surface area contributed by atoms with Crippen LogP contribution in [0.1, 0.15) is 335 Å². The van der Waals surface area contributed by atoms with Crippen LogP contribution < -0.4 is 0 Å². The molecule has 0 bridgehead atoms. The maximum absolute atomic E-state index is 12.9. The SMILES string of the molecule is CCCCC/C=C\C/C=C\CCCCCCCC(=O)OCC(COC(=O)CCCCCCCCCCCCCCCCCCCCCCCCCC)OC(=O)CCCCCCC/C=C\C/C=C\CCCCC. The fourth-order valence-corrected chi connectivity index (χ4v) is 9.27. The van der Waals surface area contributed by atoms with E-state index in [1.54, 1.807) is 0 Å². The third-order valence-corrected chi connectivity index (χ3v) is 14.1. The number of hydrogen-bond acceptors (Lipinski definition) is 6. The van der Waals surface area contributed by atoms with E-state index in [1.165, 1.54) is 193 Å². The van der Waals surface area contributed by atoms with E-state index in [4.69, 9.17) is 14.2 Å². The van der Waals surface area contributed by atoms with Crippen LogP contribution >= 0.6 is 0 Å². The fraction of sp³-hybridized carbons (Fsp3) is 0.833. The van der Waals surface area contributed by atoms with Gasteiger partial charge in [0.2, 0.25) is 0 Å². The Bertz CT molecular complexity index is 1250. The summed E-state index contributed by atoms with van der Waals surface area (Å²) in [6, 6.07) is 0. The lowest BCUT2D eigenvalue weighted by atomic mass is 10.0. The van der Waals surface area contributed by atoms with E-state index in [2.05, 4.69) is 69.4 Å². The number of hydrogen-bond donors (Lipinski definition) is 0. The van der Waals surface area contributed by atoms with Crippen LogP contribution in [-0.2, 0) is 28.6 Å². The summed E-state index contributed by atoms with van der Waals surface area (Å²) in [5.74, 6) is -0.890. The highest BCUT2D eigenvalue weighted by Crippen LogP contribution is 2.17. The highest BCUT2D eigenvalue weighted by Gasteiger charge is 2.19. The predicted molar refractivity (Wildman–Crippen MR) is 312 cm³/mol. The minimum Gasteiger partial charge on any atom is -0.462 e. The van der Waals surface area contributed by atoms with Crippen molar-refractivity contribution in [3.8, 4) is 0 Å². The number of ether oxygens (including phenoxy) is 3. The van der Waals surface area contributed by atoms with Crippen LogP contribution in [0.5, 0.6) is 0 Å². The van der Waals surface area contributed by atoms with Crippen molar-refractivity contribution in [1.29, 1.82) is 0 Å². The van der Waals surface area contributed by atoms with Gasteiger partial charge in [0, 0.05) is 19.3 Å². The van der Waals surface area contributed by atoms with Crippen LogP contribution in [0.3, 0.4) is 0 Å². The van der Waals surface area contributed by atoms with Crippen LogP contribution in [0, 0.1) is 0 Å². The van der Waals surface area contributed by atoms with Gasteiger partial charge < -0.3 is 14.2 Å². The lowest BCUT2D eigenvalue weighted by Crippen LogP contribution is -2.30. The van der Waals surface area contributed by atoms with Crippen molar-refractivity contribution in [1.82, 2.24) is 0 Å². The van der Waals surface area contributed by atoms with Crippen molar-refractivity contribution >= 4 is 17.9 Å². The summed E-state index contributed by atoms with van der Waals surface area (Å²) in [6.45, 7) is 6.61. The molecule has 420 valence electrons. The quantitative estimate of drug-likeness (QED) is 0.0261. The molecule has 0 heterocycles. The van der Waals surface area contributed by atoms with Crippen molar-refractivity contribution in [2.45, 2.75) is 341 Å². The molecule has 1 unspecified atom stereocenters. The normalized spacial score (nSPS) is 12.3. The fourth-order valence-electron chi connectivity index (χ4n) is 9.27. The zero-order chi connectivity index (χ0) is 52.2. The second-order valence-electron chi connectivity index (χ2n) is 21.3. The van der Waals surface area contributed by atoms with E-state index in [1.807, 2.05) is 0 Å². The second-order valence-corrected chi connectivity index (χ2v) is 21.3. The minimum absolute atomic E-state index is 0.0802. The molecule has 6 nitrogen and oxygen atoms in total. The number of esters is 3. The van der Waals surface area contributed by atoms with E-state index in [0.717, 1.165) is 103 Å². The third kappa shape index (κ3) is 58.3. The monoisotopic (exact) mass is 1010 g/mol. The van der Waals surface area contributed by atoms with Gasteiger partial charge in [-0.2, -0.15) is 0 Å². The zero-order valence-corrected chi connectivity index (χ0v) is 48.2. The van der Waals surface area contributed by atoms with Gasteiger partial charge in [0.1, 0.15) is 13.2 Å². The van der Waals surface area contributed by atoms with E-state index >= 15 is 0 Å². The van der Waals surface area contributed by atoms with Crippen LogP contribution in [0.2, 0.25) is 0 Å². The van der Waals surface area contributed by atoms with Crippen LogP contribution in [0.25, 0.3) is 0 Å². The highest BCUT2D eigenvalue weighted by molar-refractivity contribution is 5.71. The average molecular weight is 1010 g/mol. The summed E-state index contributed by atoms with van der Waals surface area (Å²) in [6.07, 6.45) is 75.5. The molecule has 0 aliphatic heterocycles. The number of rotatable bonds is 58. The molecule has 0 N–H and O–H groups in total. The van der Waals surface area contributed by atoms with E-state index in [9.17, 15) is 14.4 Å². The Hall–Kier alpha value is -2.63. The summed E-state index contributed by atoms with van der Waals surface area (Å²) in [7, 11) is 0. The van der Waals surface area contributed by atoms with Crippen LogP contribution in [0.4, 0.5) is 0 Å². The topological polar surface area (TPSA) is 78.9 Å². The lowest BCUT2D eigenvalue weighted by molar-refractivity contribution is -0.167. The van der Waals surface area contributed by atoms with Crippen molar-refractivity contribution in [2.75, 3.05) is 13.2 Å². The molecule has 6 heteroatoms. The number of carbonyl (C=O) groups excluding carboxylic acids is 3. The van der Waals surface area contributed by atoms with Gasteiger partial charge in [-0.15, -0.1) is 0 Å².